The van der Waals surface area contributed by atoms with Crippen molar-refractivity contribution >= 4 is 9.84 Å². The average molecular weight is 269 g/mol. The highest BCUT2D eigenvalue weighted by atomic mass is 32.2. The Morgan fingerprint density at radius 1 is 1.11 bits per heavy atom. The third-order valence-electron chi connectivity index (χ3n) is 4.13. The largest absolute Gasteiger partial charge is 0.314 e. The van der Waals surface area contributed by atoms with E-state index in [1.165, 1.54) is 0 Å². The highest BCUT2D eigenvalue weighted by molar-refractivity contribution is 7.91. The quantitative estimate of drug-likeness (QED) is 0.780. The smallest absolute Gasteiger partial charge is 0.160 e. The zero-order valence-electron chi connectivity index (χ0n) is 10.7. The number of nitrogens with zero attached hydrogens (tertiary/aromatic N) is 3. The molecular formula is C12H19N3O2S. The van der Waals surface area contributed by atoms with Gasteiger partial charge < -0.3 is 4.57 Å². The van der Waals surface area contributed by atoms with Crippen LogP contribution in [0.2, 0.25) is 0 Å². The van der Waals surface area contributed by atoms with Crippen molar-refractivity contribution in [2.24, 2.45) is 0 Å². The molecule has 5 nitrogen and oxygen atoms in total. The molecule has 2 unspecified atom stereocenters. The van der Waals surface area contributed by atoms with Crippen LogP contribution >= 0.6 is 0 Å². The molecule has 3 rings (SSSR count). The van der Waals surface area contributed by atoms with Gasteiger partial charge in [0.2, 0.25) is 0 Å². The lowest BCUT2D eigenvalue weighted by Gasteiger charge is -2.25. The lowest BCUT2D eigenvalue weighted by molar-refractivity contribution is 0.445. The van der Waals surface area contributed by atoms with Crippen molar-refractivity contribution in [3.05, 3.63) is 11.6 Å². The standard InChI is InChI=1S/C12H19N3O2S/c1-9-5-4-7-15-11(9)13-14-12(15)10-6-2-3-8-18(10,16)17/h9-10H,2-8H2,1H3. The van der Waals surface area contributed by atoms with E-state index >= 15 is 0 Å². The Morgan fingerprint density at radius 2 is 1.89 bits per heavy atom. The molecule has 1 aromatic heterocycles. The van der Waals surface area contributed by atoms with Crippen LogP contribution in [-0.2, 0) is 16.4 Å². The van der Waals surface area contributed by atoms with E-state index in [4.69, 9.17) is 0 Å². The van der Waals surface area contributed by atoms with Gasteiger partial charge in [-0.25, -0.2) is 8.42 Å². The number of rotatable bonds is 1. The van der Waals surface area contributed by atoms with Gasteiger partial charge in [-0.2, -0.15) is 0 Å². The Morgan fingerprint density at radius 3 is 2.67 bits per heavy atom. The Kier molecular flexibility index (Phi) is 2.92. The predicted molar refractivity (Wildman–Crippen MR) is 68.0 cm³/mol. The lowest BCUT2D eigenvalue weighted by Crippen LogP contribution is -2.26. The molecule has 0 aromatic carbocycles. The SMILES string of the molecule is CC1CCCn2c1nnc2C1CCCCS1(=O)=O. The van der Waals surface area contributed by atoms with Crippen LogP contribution in [0.1, 0.15) is 61.8 Å². The molecule has 1 fully saturated rings. The van der Waals surface area contributed by atoms with E-state index in [-0.39, 0.29) is 0 Å². The van der Waals surface area contributed by atoms with Crippen molar-refractivity contribution in [3.8, 4) is 0 Å². The summed E-state index contributed by atoms with van der Waals surface area (Å²) < 4.78 is 26.4. The monoisotopic (exact) mass is 269 g/mol. The first kappa shape index (κ1) is 12.1. The van der Waals surface area contributed by atoms with Gasteiger partial charge in [0.1, 0.15) is 11.1 Å². The van der Waals surface area contributed by atoms with Gasteiger partial charge in [0.25, 0.3) is 0 Å². The molecule has 0 aliphatic carbocycles. The van der Waals surface area contributed by atoms with Gasteiger partial charge in [0, 0.05) is 12.5 Å². The summed E-state index contributed by atoms with van der Waals surface area (Å²) in [5, 5.41) is 8.01. The maximum atomic E-state index is 12.2. The van der Waals surface area contributed by atoms with Crippen molar-refractivity contribution < 1.29 is 8.42 Å². The normalized spacial score (nSPS) is 30.9. The molecule has 0 bridgehead atoms. The number of hydrogen-bond acceptors (Lipinski definition) is 4. The van der Waals surface area contributed by atoms with Gasteiger partial charge in [0.15, 0.2) is 15.7 Å². The molecule has 0 amide bonds. The van der Waals surface area contributed by atoms with Crippen LogP contribution in [-0.4, -0.2) is 28.9 Å². The van der Waals surface area contributed by atoms with Crippen molar-refractivity contribution in [3.63, 3.8) is 0 Å². The molecule has 1 aromatic rings. The Bertz CT molecular complexity index is 550. The van der Waals surface area contributed by atoms with Crippen molar-refractivity contribution in [2.75, 3.05) is 5.75 Å². The number of fused-ring (bicyclic) bond motifs is 1. The van der Waals surface area contributed by atoms with Crippen molar-refractivity contribution in [2.45, 2.75) is 56.7 Å². The molecule has 6 heteroatoms. The maximum absolute atomic E-state index is 12.2. The average Bonchev–Trinajstić information content (AvgIpc) is 2.74. The van der Waals surface area contributed by atoms with Crippen LogP contribution in [0, 0.1) is 0 Å². The Balaban J connectivity index is 2.02. The molecule has 0 radical (unpaired) electrons. The van der Waals surface area contributed by atoms with Gasteiger partial charge in [0.05, 0.1) is 5.75 Å². The second kappa shape index (κ2) is 4.33. The first-order valence-electron chi connectivity index (χ1n) is 6.74. The van der Waals surface area contributed by atoms with E-state index in [0.717, 1.165) is 38.1 Å². The summed E-state index contributed by atoms with van der Waals surface area (Å²) in [5.41, 5.74) is 0. The van der Waals surface area contributed by atoms with E-state index in [9.17, 15) is 8.42 Å². The van der Waals surface area contributed by atoms with E-state index in [2.05, 4.69) is 21.7 Å². The highest BCUT2D eigenvalue weighted by Gasteiger charge is 2.36. The highest BCUT2D eigenvalue weighted by Crippen LogP contribution is 2.35. The number of hydrogen-bond donors (Lipinski definition) is 0. The maximum Gasteiger partial charge on any atom is 0.160 e. The van der Waals surface area contributed by atoms with E-state index in [1.807, 2.05) is 0 Å². The number of aromatic nitrogens is 3. The van der Waals surface area contributed by atoms with Gasteiger partial charge in [-0.3, -0.25) is 0 Å². The minimum absolute atomic E-state index is 0.301. The molecule has 0 N–H and O–H groups in total. The third kappa shape index (κ3) is 1.86. The Hall–Kier alpha value is -0.910. The minimum Gasteiger partial charge on any atom is -0.314 e. The molecule has 0 saturated carbocycles. The summed E-state index contributed by atoms with van der Waals surface area (Å²) in [6.07, 6.45) is 4.67. The number of sulfone groups is 1. The fourth-order valence-electron chi connectivity index (χ4n) is 3.09. The molecule has 0 spiro atoms. The Labute approximate surface area is 108 Å². The fourth-order valence-corrected chi connectivity index (χ4v) is 5.00. The van der Waals surface area contributed by atoms with Gasteiger partial charge in [-0.05, 0) is 25.7 Å². The van der Waals surface area contributed by atoms with Crippen molar-refractivity contribution in [1.82, 2.24) is 14.8 Å². The van der Waals surface area contributed by atoms with Gasteiger partial charge >= 0.3 is 0 Å². The zero-order chi connectivity index (χ0) is 12.8. The van der Waals surface area contributed by atoms with Crippen LogP contribution in [0.4, 0.5) is 0 Å². The van der Waals surface area contributed by atoms with Gasteiger partial charge in [-0.1, -0.05) is 13.3 Å². The summed E-state index contributed by atoms with van der Waals surface area (Å²) in [7, 11) is -3.02. The van der Waals surface area contributed by atoms with E-state index < -0.39 is 15.1 Å². The molecule has 1 saturated heterocycles. The summed E-state index contributed by atoms with van der Waals surface area (Å²) in [4.78, 5) is 0. The molecule has 2 atom stereocenters. The molecular weight excluding hydrogens is 250 g/mol. The van der Waals surface area contributed by atoms with E-state index in [1.54, 1.807) is 0 Å². The lowest BCUT2D eigenvalue weighted by atomic mass is 10.0. The summed E-state index contributed by atoms with van der Waals surface area (Å²) in [6, 6.07) is 0. The second-order valence-electron chi connectivity index (χ2n) is 5.46. The first-order valence-corrected chi connectivity index (χ1v) is 8.45. The first-order chi connectivity index (χ1) is 8.59. The van der Waals surface area contributed by atoms with E-state index in [0.29, 0.717) is 23.9 Å². The van der Waals surface area contributed by atoms with Crippen LogP contribution < -0.4 is 0 Å². The summed E-state index contributed by atoms with van der Waals surface area (Å²) in [5.74, 6) is 2.36. The minimum atomic E-state index is -3.02. The van der Waals surface area contributed by atoms with Crippen molar-refractivity contribution in [1.29, 1.82) is 0 Å². The molecule has 2 aliphatic rings. The third-order valence-corrected chi connectivity index (χ3v) is 6.31. The second-order valence-corrected chi connectivity index (χ2v) is 7.77. The summed E-state index contributed by atoms with van der Waals surface area (Å²) >= 11 is 0. The van der Waals surface area contributed by atoms with Gasteiger partial charge in [-0.15, -0.1) is 10.2 Å². The predicted octanol–water partition coefficient (Wildman–Crippen LogP) is 1.82. The topological polar surface area (TPSA) is 64.8 Å². The molecule has 2 aliphatic heterocycles. The fraction of sp³-hybridized carbons (Fsp3) is 0.833. The zero-order valence-corrected chi connectivity index (χ0v) is 11.5. The van der Waals surface area contributed by atoms with Crippen LogP contribution in [0.5, 0.6) is 0 Å². The molecule has 3 heterocycles. The molecule has 18 heavy (non-hydrogen) atoms. The summed E-state index contributed by atoms with van der Waals surface area (Å²) in [6.45, 7) is 3.01. The van der Waals surface area contributed by atoms with Crippen LogP contribution in [0.25, 0.3) is 0 Å². The van der Waals surface area contributed by atoms with Crippen LogP contribution in [0.15, 0.2) is 0 Å². The van der Waals surface area contributed by atoms with Crippen LogP contribution in [0.3, 0.4) is 0 Å². The molecule has 100 valence electrons.